The number of carbonyl (C=O) groups is 1. The Bertz CT molecular complexity index is 700. The largest absolute Gasteiger partial charge is 0.477 e. The molecule has 0 spiro atoms. The number of benzene rings is 1. The van der Waals surface area contributed by atoms with Crippen LogP contribution in [0.3, 0.4) is 0 Å². The minimum absolute atomic E-state index is 0.325. The van der Waals surface area contributed by atoms with Crippen molar-refractivity contribution >= 4 is 23.0 Å². The molecule has 0 saturated heterocycles. The molecule has 9 heteroatoms. The lowest BCUT2D eigenvalue weighted by atomic mass is 10.3. The van der Waals surface area contributed by atoms with E-state index in [2.05, 4.69) is 0 Å². The Morgan fingerprint density at radius 3 is 2.60 bits per heavy atom. The summed E-state index contributed by atoms with van der Waals surface area (Å²) in [7, 11) is 0. The predicted octanol–water partition coefficient (Wildman–Crippen LogP) is 3.43. The molecule has 0 bridgehead atoms. The zero-order valence-electron chi connectivity index (χ0n) is 9.50. The van der Waals surface area contributed by atoms with Crippen LogP contribution in [0.5, 0.6) is 10.8 Å². The molecule has 1 heterocycles. The number of halogens is 2. The molecule has 1 N–H and O–H groups in total. The lowest BCUT2D eigenvalue weighted by molar-refractivity contribution is -0.385. The summed E-state index contributed by atoms with van der Waals surface area (Å²) in [5.41, 5.74) is -0.601. The summed E-state index contributed by atoms with van der Waals surface area (Å²) in [6.45, 7) is 0. The normalized spacial score (nSPS) is 10.3. The third kappa shape index (κ3) is 2.72. The van der Waals surface area contributed by atoms with Crippen LogP contribution in [-0.4, -0.2) is 16.0 Å². The maximum absolute atomic E-state index is 13.4. The molecule has 0 aliphatic rings. The van der Waals surface area contributed by atoms with Crippen LogP contribution in [0.1, 0.15) is 9.67 Å². The van der Waals surface area contributed by atoms with Crippen molar-refractivity contribution < 1.29 is 28.3 Å². The second-order valence-corrected chi connectivity index (χ2v) is 4.54. The van der Waals surface area contributed by atoms with E-state index >= 15 is 0 Å². The van der Waals surface area contributed by atoms with Crippen molar-refractivity contribution in [2.24, 2.45) is 0 Å². The fourth-order valence-electron chi connectivity index (χ4n) is 1.33. The van der Waals surface area contributed by atoms with Gasteiger partial charge >= 0.3 is 11.7 Å². The van der Waals surface area contributed by atoms with Gasteiger partial charge in [-0.1, -0.05) is 11.3 Å². The van der Waals surface area contributed by atoms with E-state index in [1.807, 2.05) is 0 Å². The van der Waals surface area contributed by atoms with Gasteiger partial charge < -0.3 is 9.84 Å². The van der Waals surface area contributed by atoms with Gasteiger partial charge in [-0.2, -0.15) is 0 Å². The molecule has 1 aromatic heterocycles. The topological polar surface area (TPSA) is 89.7 Å². The average Bonchev–Trinajstić information content (AvgIpc) is 2.77. The fourth-order valence-corrected chi connectivity index (χ4v) is 2.16. The summed E-state index contributed by atoms with van der Waals surface area (Å²) in [5, 5.41) is 19.2. The number of hydrogen-bond acceptors (Lipinski definition) is 5. The Balaban J connectivity index is 2.42. The van der Waals surface area contributed by atoms with Crippen LogP contribution in [-0.2, 0) is 0 Å². The molecule has 2 aromatic rings. The zero-order valence-corrected chi connectivity index (χ0v) is 10.3. The van der Waals surface area contributed by atoms with E-state index in [-0.39, 0.29) is 4.88 Å². The lowest BCUT2D eigenvalue weighted by Crippen LogP contribution is -1.92. The van der Waals surface area contributed by atoms with Crippen LogP contribution in [0.2, 0.25) is 0 Å². The Hall–Kier alpha value is -2.55. The van der Waals surface area contributed by atoms with Gasteiger partial charge in [-0.05, 0) is 12.1 Å². The highest BCUT2D eigenvalue weighted by molar-refractivity contribution is 7.16. The van der Waals surface area contributed by atoms with E-state index in [0.29, 0.717) is 17.4 Å². The van der Waals surface area contributed by atoms with Gasteiger partial charge in [0.2, 0.25) is 0 Å². The van der Waals surface area contributed by atoms with Crippen LogP contribution in [0.15, 0.2) is 24.3 Å². The molecule has 0 amide bonds. The summed E-state index contributed by atoms with van der Waals surface area (Å²) >= 11 is 0.480. The predicted molar refractivity (Wildman–Crippen MR) is 64.4 cm³/mol. The van der Waals surface area contributed by atoms with Crippen molar-refractivity contribution in [3.8, 4) is 10.8 Å². The molecule has 104 valence electrons. The smallest absolute Gasteiger partial charge is 0.346 e. The van der Waals surface area contributed by atoms with Gasteiger partial charge in [0.15, 0.2) is 11.6 Å². The molecule has 0 aliphatic heterocycles. The van der Waals surface area contributed by atoms with Crippen LogP contribution in [0.25, 0.3) is 0 Å². The highest BCUT2D eigenvalue weighted by Crippen LogP contribution is 2.40. The average molecular weight is 301 g/mol. The number of hydrogen-bond donors (Lipinski definition) is 1. The number of carboxylic acids is 1. The standard InChI is InChI=1S/C11H5F2NO5S/c12-5-1-2-8(6(13)3-5)19-11-7(14(17)18)4-9(20-11)10(15)16/h1-4H,(H,15,16). The minimum atomic E-state index is -1.37. The van der Waals surface area contributed by atoms with E-state index in [1.165, 1.54) is 0 Å². The molecule has 0 fully saturated rings. The van der Waals surface area contributed by atoms with Gasteiger partial charge in [0.1, 0.15) is 10.7 Å². The molecule has 1 aromatic carbocycles. The monoisotopic (exact) mass is 301 g/mol. The minimum Gasteiger partial charge on any atom is -0.477 e. The lowest BCUT2D eigenvalue weighted by Gasteiger charge is -2.03. The second-order valence-electron chi connectivity index (χ2n) is 3.52. The van der Waals surface area contributed by atoms with Crippen molar-refractivity contribution in [1.29, 1.82) is 0 Å². The molecule has 2 rings (SSSR count). The van der Waals surface area contributed by atoms with Gasteiger partial charge in [-0.3, -0.25) is 10.1 Å². The Morgan fingerprint density at radius 2 is 2.05 bits per heavy atom. The zero-order chi connectivity index (χ0) is 14.9. The SMILES string of the molecule is O=C(O)c1cc([N+](=O)[O-])c(Oc2ccc(F)cc2F)s1. The van der Waals surface area contributed by atoms with Crippen LogP contribution in [0, 0.1) is 21.7 Å². The summed E-state index contributed by atoms with van der Waals surface area (Å²) in [6, 6.07) is 3.22. The number of thiophene rings is 1. The molecule has 6 nitrogen and oxygen atoms in total. The number of ether oxygens (including phenoxy) is 1. The summed E-state index contributed by atoms with van der Waals surface area (Å²) in [5.74, 6) is -3.69. The number of aromatic carboxylic acids is 1. The fraction of sp³-hybridized carbons (Fsp3) is 0. The van der Waals surface area contributed by atoms with E-state index in [1.54, 1.807) is 0 Å². The summed E-state index contributed by atoms with van der Waals surface area (Å²) in [6.07, 6.45) is 0. The molecule has 20 heavy (non-hydrogen) atoms. The highest BCUT2D eigenvalue weighted by atomic mass is 32.1. The maximum Gasteiger partial charge on any atom is 0.346 e. The number of nitro groups is 1. The summed E-state index contributed by atoms with van der Waals surface area (Å²) < 4.78 is 31.1. The first kappa shape index (κ1) is 13.9. The molecule has 0 saturated carbocycles. The number of rotatable bonds is 4. The van der Waals surface area contributed by atoms with Crippen molar-refractivity contribution in [2.45, 2.75) is 0 Å². The molecule has 0 atom stereocenters. The van der Waals surface area contributed by atoms with Gasteiger partial charge in [-0.15, -0.1) is 0 Å². The molecule has 0 unspecified atom stereocenters. The highest BCUT2D eigenvalue weighted by Gasteiger charge is 2.25. The van der Waals surface area contributed by atoms with Crippen LogP contribution >= 0.6 is 11.3 Å². The van der Waals surface area contributed by atoms with E-state index < -0.39 is 39.0 Å². The maximum atomic E-state index is 13.4. The Labute approximate surface area is 114 Å². The van der Waals surface area contributed by atoms with Crippen LogP contribution < -0.4 is 4.74 Å². The van der Waals surface area contributed by atoms with Crippen molar-refractivity contribution in [2.75, 3.05) is 0 Å². The third-order valence-corrected chi connectivity index (χ3v) is 3.17. The number of nitrogens with zero attached hydrogens (tertiary/aromatic N) is 1. The van der Waals surface area contributed by atoms with Crippen molar-refractivity contribution in [3.05, 3.63) is 50.9 Å². The molecular formula is C11H5F2NO5S. The van der Waals surface area contributed by atoms with E-state index in [9.17, 15) is 23.7 Å². The van der Waals surface area contributed by atoms with Gasteiger partial charge in [0, 0.05) is 12.1 Å². The number of carboxylic acid groups (broad SMARTS) is 1. The van der Waals surface area contributed by atoms with Crippen LogP contribution in [0.4, 0.5) is 14.5 Å². The van der Waals surface area contributed by atoms with E-state index in [0.717, 1.165) is 18.2 Å². The Morgan fingerprint density at radius 1 is 1.35 bits per heavy atom. The first-order valence-corrected chi connectivity index (χ1v) is 5.84. The van der Waals surface area contributed by atoms with Crippen molar-refractivity contribution in [1.82, 2.24) is 0 Å². The quantitative estimate of drug-likeness (QED) is 0.690. The molecule has 0 aliphatic carbocycles. The molecular weight excluding hydrogens is 296 g/mol. The third-order valence-electron chi connectivity index (χ3n) is 2.18. The first-order chi connectivity index (χ1) is 9.38. The van der Waals surface area contributed by atoms with Gasteiger partial charge in [-0.25, -0.2) is 13.6 Å². The van der Waals surface area contributed by atoms with Gasteiger partial charge in [0.25, 0.3) is 5.06 Å². The van der Waals surface area contributed by atoms with E-state index in [4.69, 9.17) is 9.84 Å². The first-order valence-electron chi connectivity index (χ1n) is 5.03. The second kappa shape index (κ2) is 5.21. The Kier molecular flexibility index (Phi) is 3.61. The summed E-state index contributed by atoms with van der Waals surface area (Å²) in [4.78, 5) is 20.4. The van der Waals surface area contributed by atoms with Gasteiger partial charge in [0.05, 0.1) is 4.92 Å². The molecule has 0 radical (unpaired) electrons. The van der Waals surface area contributed by atoms with Crippen molar-refractivity contribution in [3.63, 3.8) is 0 Å².